The normalized spacial score (nSPS) is 18.6. The second kappa shape index (κ2) is 8.31. The number of hydrogen-bond acceptors (Lipinski definition) is 5. The molecule has 7 heteroatoms. The zero-order valence-corrected chi connectivity index (χ0v) is 16.2. The number of carbonyl (C=O) groups excluding carboxylic acids is 2. The van der Waals surface area contributed by atoms with Gasteiger partial charge in [0.25, 0.3) is 0 Å². The molecule has 1 aromatic carbocycles. The first-order chi connectivity index (χ1) is 14.2. The zero-order chi connectivity index (χ0) is 20.2. The molecule has 0 radical (unpaired) electrons. The second-order valence-corrected chi connectivity index (χ2v) is 7.44. The molecule has 0 bridgehead atoms. The Morgan fingerprint density at radius 3 is 2.76 bits per heavy atom. The van der Waals surface area contributed by atoms with Crippen LogP contribution in [0.25, 0.3) is 0 Å². The van der Waals surface area contributed by atoms with Crippen LogP contribution in [0.15, 0.2) is 42.6 Å². The maximum absolute atomic E-state index is 12.7. The lowest BCUT2D eigenvalue weighted by Crippen LogP contribution is -2.49. The van der Waals surface area contributed by atoms with Crippen LogP contribution in [-0.4, -0.2) is 47.9 Å². The van der Waals surface area contributed by atoms with Crippen molar-refractivity contribution in [1.29, 1.82) is 5.26 Å². The number of nitriles is 1. The monoisotopic (exact) mass is 389 g/mol. The Morgan fingerprint density at radius 2 is 1.97 bits per heavy atom. The van der Waals surface area contributed by atoms with Gasteiger partial charge in [-0.2, -0.15) is 5.26 Å². The predicted molar refractivity (Wildman–Crippen MR) is 109 cm³/mol. The van der Waals surface area contributed by atoms with Gasteiger partial charge in [0.1, 0.15) is 11.9 Å². The molecule has 3 heterocycles. The molecule has 1 fully saturated rings. The van der Waals surface area contributed by atoms with Crippen molar-refractivity contribution in [3.63, 3.8) is 0 Å². The fourth-order valence-electron chi connectivity index (χ4n) is 4.01. The van der Waals surface area contributed by atoms with E-state index < -0.39 is 0 Å². The van der Waals surface area contributed by atoms with Crippen molar-refractivity contribution in [2.24, 2.45) is 5.92 Å². The average Bonchev–Trinajstić information content (AvgIpc) is 2.77. The molecule has 0 saturated carbocycles. The number of para-hydroxylation sites is 1. The average molecular weight is 389 g/mol. The Bertz CT molecular complexity index is 960. The van der Waals surface area contributed by atoms with Gasteiger partial charge in [-0.25, -0.2) is 4.98 Å². The SMILES string of the molecule is N#Cc1cccnc1N1CCN(C(=O)CCC2Cc3ccccc3NC2=O)CC1. The molecule has 7 nitrogen and oxygen atoms in total. The third-order valence-corrected chi connectivity index (χ3v) is 5.66. The number of fused-ring (bicyclic) bond motifs is 1. The Kier molecular flexibility index (Phi) is 5.43. The van der Waals surface area contributed by atoms with Crippen molar-refractivity contribution in [1.82, 2.24) is 9.88 Å². The Morgan fingerprint density at radius 1 is 1.17 bits per heavy atom. The molecule has 1 atom stereocenters. The molecule has 148 valence electrons. The van der Waals surface area contributed by atoms with Gasteiger partial charge in [0.05, 0.1) is 5.56 Å². The van der Waals surface area contributed by atoms with E-state index in [4.69, 9.17) is 0 Å². The molecule has 2 aliphatic rings. The largest absolute Gasteiger partial charge is 0.352 e. The zero-order valence-electron chi connectivity index (χ0n) is 16.2. The number of pyridine rings is 1. The van der Waals surface area contributed by atoms with Gasteiger partial charge < -0.3 is 15.1 Å². The van der Waals surface area contributed by atoms with Gasteiger partial charge in [0, 0.05) is 50.4 Å². The van der Waals surface area contributed by atoms with Crippen LogP contribution >= 0.6 is 0 Å². The number of nitrogens with one attached hydrogen (secondary N) is 1. The van der Waals surface area contributed by atoms with Gasteiger partial charge in [-0.15, -0.1) is 0 Å². The topological polar surface area (TPSA) is 89.3 Å². The highest BCUT2D eigenvalue weighted by molar-refractivity contribution is 5.96. The molecule has 0 aliphatic carbocycles. The molecular weight excluding hydrogens is 366 g/mol. The van der Waals surface area contributed by atoms with Crippen molar-refractivity contribution in [2.45, 2.75) is 19.3 Å². The lowest BCUT2D eigenvalue weighted by atomic mass is 9.89. The van der Waals surface area contributed by atoms with E-state index in [2.05, 4.69) is 16.4 Å². The molecule has 1 unspecified atom stereocenters. The molecule has 1 N–H and O–H groups in total. The number of rotatable bonds is 4. The van der Waals surface area contributed by atoms with Crippen molar-refractivity contribution < 1.29 is 9.59 Å². The quantitative estimate of drug-likeness (QED) is 0.866. The number of carbonyl (C=O) groups is 2. The fraction of sp³-hybridized carbons (Fsp3) is 0.364. The molecule has 1 saturated heterocycles. The summed E-state index contributed by atoms with van der Waals surface area (Å²) in [5, 5.41) is 12.2. The van der Waals surface area contributed by atoms with Gasteiger partial charge in [-0.3, -0.25) is 9.59 Å². The van der Waals surface area contributed by atoms with Crippen molar-refractivity contribution in [2.75, 3.05) is 36.4 Å². The first-order valence-electron chi connectivity index (χ1n) is 9.92. The van der Waals surface area contributed by atoms with Crippen LogP contribution in [-0.2, 0) is 16.0 Å². The number of hydrogen-bond donors (Lipinski definition) is 1. The van der Waals surface area contributed by atoms with Crippen LogP contribution in [0.3, 0.4) is 0 Å². The van der Waals surface area contributed by atoms with Crippen molar-refractivity contribution in [3.05, 3.63) is 53.7 Å². The van der Waals surface area contributed by atoms with Crippen LogP contribution in [0.5, 0.6) is 0 Å². The van der Waals surface area contributed by atoms with Crippen LogP contribution in [0, 0.1) is 17.2 Å². The predicted octanol–water partition coefficient (Wildman–Crippen LogP) is 2.19. The molecule has 29 heavy (non-hydrogen) atoms. The summed E-state index contributed by atoms with van der Waals surface area (Å²) < 4.78 is 0. The molecule has 0 spiro atoms. The van der Waals surface area contributed by atoms with Crippen molar-refractivity contribution in [3.8, 4) is 6.07 Å². The molecule has 2 aliphatic heterocycles. The van der Waals surface area contributed by atoms with Crippen LogP contribution in [0.4, 0.5) is 11.5 Å². The standard InChI is InChI=1S/C22H23N5O2/c23-15-18-5-3-9-24-21(18)27-12-10-26(11-13-27)20(28)8-7-17-14-16-4-1-2-6-19(16)25-22(17)29/h1-6,9,17H,7-8,10-14H2,(H,25,29). The van der Waals surface area contributed by atoms with Crippen molar-refractivity contribution >= 4 is 23.3 Å². The minimum absolute atomic E-state index is 0.000467. The van der Waals surface area contributed by atoms with E-state index in [1.54, 1.807) is 18.3 Å². The Balaban J connectivity index is 1.30. The third-order valence-electron chi connectivity index (χ3n) is 5.66. The van der Waals surface area contributed by atoms with Gasteiger partial charge >= 0.3 is 0 Å². The minimum atomic E-state index is -0.165. The highest BCUT2D eigenvalue weighted by Gasteiger charge is 2.28. The maximum Gasteiger partial charge on any atom is 0.227 e. The van der Waals surface area contributed by atoms with E-state index >= 15 is 0 Å². The van der Waals surface area contributed by atoms with Gasteiger partial charge in [0.2, 0.25) is 11.8 Å². The second-order valence-electron chi connectivity index (χ2n) is 7.44. The molecule has 2 amide bonds. The summed E-state index contributed by atoms with van der Waals surface area (Å²) in [6.07, 6.45) is 3.28. The van der Waals surface area contributed by atoms with E-state index in [0.29, 0.717) is 56.8 Å². The molecule has 4 rings (SSSR count). The van der Waals surface area contributed by atoms with E-state index in [0.717, 1.165) is 11.3 Å². The lowest BCUT2D eigenvalue weighted by Gasteiger charge is -2.36. The Hall–Kier alpha value is -3.40. The molecule has 2 aromatic rings. The summed E-state index contributed by atoms with van der Waals surface area (Å²) in [4.78, 5) is 33.2. The fourth-order valence-corrected chi connectivity index (χ4v) is 4.01. The number of piperazine rings is 1. The lowest BCUT2D eigenvalue weighted by molar-refractivity contribution is -0.132. The smallest absolute Gasteiger partial charge is 0.227 e. The summed E-state index contributed by atoms with van der Waals surface area (Å²) in [5.41, 5.74) is 2.56. The van der Waals surface area contributed by atoms with Gasteiger partial charge in [0.15, 0.2) is 0 Å². The van der Waals surface area contributed by atoms with E-state index in [1.165, 1.54) is 0 Å². The summed E-state index contributed by atoms with van der Waals surface area (Å²) in [5.74, 6) is 0.597. The highest BCUT2D eigenvalue weighted by atomic mass is 16.2. The van der Waals surface area contributed by atoms with Crippen LogP contribution < -0.4 is 10.2 Å². The van der Waals surface area contributed by atoms with E-state index in [1.807, 2.05) is 34.1 Å². The summed E-state index contributed by atoms with van der Waals surface area (Å²) in [6.45, 7) is 2.49. The number of anilines is 2. The minimum Gasteiger partial charge on any atom is -0.352 e. The summed E-state index contributed by atoms with van der Waals surface area (Å²) >= 11 is 0. The molecule has 1 aromatic heterocycles. The third kappa shape index (κ3) is 4.06. The number of aromatic nitrogens is 1. The highest BCUT2D eigenvalue weighted by Crippen LogP contribution is 2.28. The van der Waals surface area contributed by atoms with Gasteiger partial charge in [-0.1, -0.05) is 18.2 Å². The first kappa shape index (κ1) is 18.9. The summed E-state index contributed by atoms with van der Waals surface area (Å²) in [6, 6.07) is 13.5. The first-order valence-corrected chi connectivity index (χ1v) is 9.92. The van der Waals surface area contributed by atoms with E-state index in [9.17, 15) is 14.9 Å². The van der Waals surface area contributed by atoms with Crippen LogP contribution in [0.1, 0.15) is 24.0 Å². The number of nitrogens with zero attached hydrogens (tertiary/aromatic N) is 4. The molecular formula is C22H23N5O2. The van der Waals surface area contributed by atoms with Gasteiger partial charge in [-0.05, 0) is 36.6 Å². The maximum atomic E-state index is 12.7. The number of amides is 2. The van der Waals surface area contributed by atoms with Crippen LogP contribution in [0.2, 0.25) is 0 Å². The Labute approximate surface area is 169 Å². The summed E-state index contributed by atoms with van der Waals surface area (Å²) in [7, 11) is 0. The number of benzene rings is 1. The van der Waals surface area contributed by atoms with E-state index in [-0.39, 0.29) is 17.7 Å².